The number of carbonyl (C=O) groups is 1. The number of non-ortho nitro benzene ring substituents is 2. The van der Waals surface area contributed by atoms with Gasteiger partial charge in [0.25, 0.3) is 17.3 Å². The molecule has 1 aromatic rings. The third-order valence-electron chi connectivity index (χ3n) is 4.31. The van der Waals surface area contributed by atoms with E-state index in [1.54, 1.807) is 0 Å². The molecule has 1 N–H and O–H groups in total. The van der Waals surface area contributed by atoms with Crippen molar-refractivity contribution >= 4 is 17.3 Å². The van der Waals surface area contributed by atoms with Crippen LogP contribution in [-0.2, 0) is 0 Å². The van der Waals surface area contributed by atoms with Crippen LogP contribution < -0.4 is 5.32 Å². The summed E-state index contributed by atoms with van der Waals surface area (Å²) in [5.74, 6) is -0.0600. The minimum Gasteiger partial charge on any atom is -0.349 e. The maximum atomic E-state index is 12.4. The first-order chi connectivity index (χ1) is 11.1. The Morgan fingerprint density at radius 1 is 1.12 bits per heavy atom. The standard InChI is InChI=1S/C16H21N3O5/c1-10-4-12(9-16(2,3)8-10)17-15(20)11-5-13(18(21)22)7-14(6-11)19(23)24/h5-7,10,12H,4,8-9H2,1-3H3,(H,17,20). The summed E-state index contributed by atoms with van der Waals surface area (Å²) in [6.45, 7) is 6.40. The molecular formula is C16H21N3O5. The van der Waals surface area contributed by atoms with Crippen molar-refractivity contribution in [3.63, 3.8) is 0 Å². The summed E-state index contributed by atoms with van der Waals surface area (Å²) in [5.41, 5.74) is -0.894. The lowest BCUT2D eigenvalue weighted by molar-refractivity contribution is -0.394. The molecule has 0 spiro atoms. The van der Waals surface area contributed by atoms with E-state index < -0.39 is 27.1 Å². The minimum atomic E-state index is -0.741. The Balaban J connectivity index is 2.23. The highest BCUT2D eigenvalue weighted by atomic mass is 16.6. The topological polar surface area (TPSA) is 115 Å². The van der Waals surface area contributed by atoms with Crippen LogP contribution in [0.15, 0.2) is 18.2 Å². The number of hydrogen-bond donors (Lipinski definition) is 1. The predicted octanol–water partition coefficient (Wildman–Crippen LogP) is 3.45. The first-order valence-electron chi connectivity index (χ1n) is 7.82. The number of nitro groups is 2. The summed E-state index contributed by atoms with van der Waals surface area (Å²) in [7, 11) is 0. The lowest BCUT2D eigenvalue weighted by Gasteiger charge is -2.39. The molecule has 1 aliphatic carbocycles. The fourth-order valence-electron chi connectivity index (χ4n) is 3.66. The van der Waals surface area contributed by atoms with Gasteiger partial charge in [-0.25, -0.2) is 0 Å². The average Bonchev–Trinajstić information content (AvgIpc) is 2.44. The van der Waals surface area contributed by atoms with Crippen LogP contribution in [0.5, 0.6) is 0 Å². The monoisotopic (exact) mass is 335 g/mol. The third kappa shape index (κ3) is 4.27. The van der Waals surface area contributed by atoms with Gasteiger partial charge in [0.05, 0.1) is 21.5 Å². The molecule has 1 aromatic carbocycles. The summed E-state index contributed by atoms with van der Waals surface area (Å²) in [5, 5.41) is 24.7. The Morgan fingerprint density at radius 2 is 1.67 bits per heavy atom. The van der Waals surface area contributed by atoms with E-state index in [0.717, 1.165) is 37.5 Å². The van der Waals surface area contributed by atoms with Crippen LogP contribution in [-0.4, -0.2) is 21.8 Å². The van der Waals surface area contributed by atoms with Crippen LogP contribution in [0.4, 0.5) is 11.4 Å². The zero-order valence-corrected chi connectivity index (χ0v) is 13.9. The molecule has 2 rings (SSSR count). The summed E-state index contributed by atoms with van der Waals surface area (Å²) in [6.07, 6.45) is 2.70. The Bertz CT molecular complexity index is 654. The van der Waals surface area contributed by atoms with Gasteiger partial charge in [-0.2, -0.15) is 0 Å². The van der Waals surface area contributed by atoms with Crippen LogP contribution in [0.2, 0.25) is 0 Å². The highest BCUT2D eigenvalue weighted by molar-refractivity contribution is 5.95. The predicted molar refractivity (Wildman–Crippen MR) is 87.8 cm³/mol. The summed E-state index contributed by atoms with van der Waals surface area (Å²) >= 11 is 0. The molecule has 0 heterocycles. The van der Waals surface area contributed by atoms with Crippen molar-refractivity contribution in [1.82, 2.24) is 5.32 Å². The zero-order valence-electron chi connectivity index (χ0n) is 13.9. The summed E-state index contributed by atoms with van der Waals surface area (Å²) in [6, 6.07) is 2.94. The SMILES string of the molecule is CC1CC(NC(=O)c2cc([N+](=O)[O-])cc([N+](=O)[O-])c2)CC(C)(C)C1. The van der Waals surface area contributed by atoms with E-state index in [-0.39, 0.29) is 17.0 Å². The Hall–Kier alpha value is -2.51. The van der Waals surface area contributed by atoms with E-state index >= 15 is 0 Å². The van der Waals surface area contributed by atoms with Crippen molar-refractivity contribution in [2.24, 2.45) is 11.3 Å². The van der Waals surface area contributed by atoms with Crippen LogP contribution in [0.1, 0.15) is 50.4 Å². The van der Waals surface area contributed by atoms with Crippen molar-refractivity contribution in [2.45, 2.75) is 46.1 Å². The molecule has 1 saturated carbocycles. The van der Waals surface area contributed by atoms with Gasteiger partial charge in [-0.1, -0.05) is 20.8 Å². The molecular weight excluding hydrogens is 314 g/mol. The van der Waals surface area contributed by atoms with E-state index in [1.807, 2.05) is 0 Å². The van der Waals surface area contributed by atoms with E-state index in [9.17, 15) is 25.0 Å². The molecule has 0 aromatic heterocycles. The van der Waals surface area contributed by atoms with Crippen LogP contribution in [0.25, 0.3) is 0 Å². The van der Waals surface area contributed by atoms with Gasteiger partial charge in [-0.15, -0.1) is 0 Å². The normalized spacial score (nSPS) is 22.6. The number of amides is 1. The molecule has 0 aliphatic heterocycles. The van der Waals surface area contributed by atoms with E-state index in [1.165, 1.54) is 0 Å². The van der Waals surface area contributed by atoms with Crippen molar-refractivity contribution < 1.29 is 14.6 Å². The number of hydrogen-bond acceptors (Lipinski definition) is 5. The molecule has 0 radical (unpaired) electrons. The number of rotatable bonds is 4. The van der Waals surface area contributed by atoms with Crippen LogP contribution in [0.3, 0.4) is 0 Å². The molecule has 1 aliphatic rings. The molecule has 8 nitrogen and oxygen atoms in total. The Morgan fingerprint density at radius 3 is 2.12 bits per heavy atom. The second-order valence-corrected chi connectivity index (χ2v) is 7.34. The first-order valence-corrected chi connectivity index (χ1v) is 7.82. The van der Waals surface area contributed by atoms with Gasteiger partial charge in [-0.05, 0) is 30.6 Å². The second kappa shape index (κ2) is 6.54. The van der Waals surface area contributed by atoms with Gasteiger partial charge in [0.2, 0.25) is 0 Å². The van der Waals surface area contributed by atoms with Gasteiger partial charge in [0.15, 0.2) is 0 Å². The van der Waals surface area contributed by atoms with Gasteiger partial charge >= 0.3 is 0 Å². The highest BCUT2D eigenvalue weighted by Gasteiger charge is 2.33. The molecule has 130 valence electrons. The number of nitrogens with one attached hydrogen (secondary N) is 1. The largest absolute Gasteiger partial charge is 0.349 e. The summed E-state index contributed by atoms with van der Waals surface area (Å²) < 4.78 is 0. The van der Waals surface area contributed by atoms with Crippen molar-refractivity contribution in [3.05, 3.63) is 44.0 Å². The van der Waals surface area contributed by atoms with Gasteiger partial charge in [0, 0.05) is 18.2 Å². The van der Waals surface area contributed by atoms with Gasteiger partial charge in [-0.3, -0.25) is 25.0 Å². The molecule has 2 atom stereocenters. The quantitative estimate of drug-likeness (QED) is 0.668. The number of nitro benzene ring substituents is 2. The molecule has 2 unspecified atom stereocenters. The van der Waals surface area contributed by atoms with Crippen LogP contribution in [0, 0.1) is 31.6 Å². The van der Waals surface area contributed by atoms with Crippen molar-refractivity contribution in [2.75, 3.05) is 0 Å². The lowest BCUT2D eigenvalue weighted by Crippen LogP contribution is -2.43. The van der Waals surface area contributed by atoms with Crippen molar-refractivity contribution in [1.29, 1.82) is 0 Å². The second-order valence-electron chi connectivity index (χ2n) is 7.34. The van der Waals surface area contributed by atoms with Gasteiger partial charge < -0.3 is 5.32 Å². The number of benzene rings is 1. The Labute approximate surface area is 139 Å². The maximum Gasteiger partial charge on any atom is 0.277 e. The first kappa shape index (κ1) is 17.8. The fourth-order valence-corrected chi connectivity index (χ4v) is 3.66. The Kier molecular flexibility index (Phi) is 4.86. The molecule has 0 bridgehead atoms. The molecule has 1 amide bonds. The third-order valence-corrected chi connectivity index (χ3v) is 4.31. The van der Waals surface area contributed by atoms with E-state index in [4.69, 9.17) is 0 Å². The molecule has 0 saturated heterocycles. The average molecular weight is 335 g/mol. The zero-order chi connectivity index (χ0) is 18.1. The summed E-state index contributed by atoms with van der Waals surface area (Å²) in [4.78, 5) is 32.8. The number of nitrogens with zero attached hydrogens (tertiary/aromatic N) is 2. The lowest BCUT2D eigenvalue weighted by atomic mass is 9.70. The van der Waals surface area contributed by atoms with Gasteiger partial charge in [0.1, 0.15) is 0 Å². The van der Waals surface area contributed by atoms with Crippen LogP contribution >= 0.6 is 0 Å². The van der Waals surface area contributed by atoms with Crippen molar-refractivity contribution in [3.8, 4) is 0 Å². The number of carbonyl (C=O) groups excluding carboxylic acids is 1. The molecule has 8 heteroatoms. The highest BCUT2D eigenvalue weighted by Crippen LogP contribution is 2.38. The fraction of sp³-hybridized carbons (Fsp3) is 0.562. The minimum absolute atomic E-state index is 0.0467. The van der Waals surface area contributed by atoms with E-state index in [2.05, 4.69) is 26.1 Å². The maximum absolute atomic E-state index is 12.4. The molecule has 24 heavy (non-hydrogen) atoms. The van der Waals surface area contributed by atoms with E-state index in [0.29, 0.717) is 5.92 Å². The molecule has 1 fully saturated rings. The smallest absolute Gasteiger partial charge is 0.277 e.